The topological polar surface area (TPSA) is 69.5 Å². The zero-order valence-electron chi connectivity index (χ0n) is 14.0. The summed E-state index contributed by atoms with van der Waals surface area (Å²) >= 11 is 0. The minimum absolute atomic E-state index is 0.0501. The van der Waals surface area contributed by atoms with Crippen molar-refractivity contribution >= 4 is 5.91 Å². The first kappa shape index (κ1) is 16.3. The SMILES string of the molecule is COc1ccc([C@H]2CCCN2C(=O)CCn2cncn2)c(OC)c1. The van der Waals surface area contributed by atoms with Crippen LogP contribution in [-0.2, 0) is 11.3 Å². The number of carbonyl (C=O) groups is 1. The number of benzene rings is 1. The van der Waals surface area contributed by atoms with Crippen molar-refractivity contribution in [2.45, 2.75) is 31.8 Å². The fourth-order valence-electron chi connectivity index (χ4n) is 3.18. The van der Waals surface area contributed by atoms with Crippen molar-refractivity contribution in [2.24, 2.45) is 0 Å². The van der Waals surface area contributed by atoms with E-state index >= 15 is 0 Å². The molecule has 2 aromatic rings. The minimum Gasteiger partial charge on any atom is -0.497 e. The van der Waals surface area contributed by atoms with Gasteiger partial charge in [-0.05, 0) is 25.0 Å². The first-order valence-electron chi connectivity index (χ1n) is 8.06. The zero-order chi connectivity index (χ0) is 16.9. The Morgan fingerprint density at radius 1 is 1.33 bits per heavy atom. The van der Waals surface area contributed by atoms with Gasteiger partial charge in [-0.25, -0.2) is 4.98 Å². The van der Waals surface area contributed by atoms with Crippen LogP contribution in [0.4, 0.5) is 0 Å². The number of aryl methyl sites for hydroxylation is 1. The molecule has 0 bridgehead atoms. The molecule has 0 N–H and O–H groups in total. The molecule has 0 unspecified atom stereocenters. The fraction of sp³-hybridized carbons (Fsp3) is 0.471. The Bertz CT molecular complexity index is 687. The van der Waals surface area contributed by atoms with Gasteiger partial charge < -0.3 is 14.4 Å². The molecule has 1 atom stereocenters. The molecule has 1 aliphatic heterocycles. The van der Waals surface area contributed by atoms with Crippen molar-refractivity contribution in [3.8, 4) is 11.5 Å². The average Bonchev–Trinajstić information content (AvgIpc) is 3.30. The van der Waals surface area contributed by atoms with Crippen molar-refractivity contribution in [3.63, 3.8) is 0 Å². The molecule has 1 aromatic heterocycles. The van der Waals surface area contributed by atoms with Crippen LogP contribution in [0, 0.1) is 0 Å². The van der Waals surface area contributed by atoms with Crippen LogP contribution in [0.15, 0.2) is 30.9 Å². The predicted octanol–water partition coefficient (Wildman–Crippen LogP) is 2.05. The van der Waals surface area contributed by atoms with E-state index < -0.39 is 0 Å². The van der Waals surface area contributed by atoms with Crippen LogP contribution in [0.2, 0.25) is 0 Å². The highest BCUT2D eigenvalue weighted by Crippen LogP contribution is 2.38. The number of aromatic nitrogens is 3. The second-order valence-electron chi connectivity index (χ2n) is 5.76. The molecule has 2 heterocycles. The Balaban J connectivity index is 1.74. The molecule has 0 saturated carbocycles. The average molecular weight is 330 g/mol. The second-order valence-corrected chi connectivity index (χ2v) is 5.76. The quantitative estimate of drug-likeness (QED) is 0.811. The van der Waals surface area contributed by atoms with Crippen molar-refractivity contribution in [1.29, 1.82) is 0 Å². The third-order valence-corrected chi connectivity index (χ3v) is 4.39. The van der Waals surface area contributed by atoms with Crippen LogP contribution in [0.1, 0.15) is 30.9 Å². The van der Waals surface area contributed by atoms with Gasteiger partial charge in [0.25, 0.3) is 0 Å². The molecule has 1 aliphatic rings. The van der Waals surface area contributed by atoms with Crippen molar-refractivity contribution < 1.29 is 14.3 Å². The van der Waals surface area contributed by atoms with Crippen LogP contribution in [0.3, 0.4) is 0 Å². The van der Waals surface area contributed by atoms with E-state index in [9.17, 15) is 4.79 Å². The summed E-state index contributed by atoms with van der Waals surface area (Å²) in [6.45, 7) is 1.32. The molecule has 128 valence electrons. The van der Waals surface area contributed by atoms with E-state index in [1.165, 1.54) is 6.33 Å². The lowest BCUT2D eigenvalue weighted by molar-refractivity contribution is -0.132. The number of ether oxygens (including phenoxy) is 2. The molecule has 1 fully saturated rings. The smallest absolute Gasteiger partial charge is 0.224 e. The maximum atomic E-state index is 12.6. The first-order valence-corrected chi connectivity index (χ1v) is 8.06. The molecule has 0 spiro atoms. The van der Waals surface area contributed by atoms with Gasteiger partial charge in [-0.15, -0.1) is 0 Å². The van der Waals surface area contributed by atoms with Gasteiger partial charge in [-0.2, -0.15) is 5.10 Å². The highest BCUT2D eigenvalue weighted by Gasteiger charge is 2.31. The minimum atomic E-state index is 0.0501. The van der Waals surface area contributed by atoms with Gasteiger partial charge in [0.1, 0.15) is 24.2 Å². The number of likely N-dealkylation sites (tertiary alicyclic amines) is 1. The standard InChI is InChI=1S/C17H22N4O3/c1-23-13-5-6-14(16(10-13)24-2)15-4-3-8-21(15)17(22)7-9-20-12-18-11-19-20/h5-6,10-12,15H,3-4,7-9H2,1-2H3/t15-/m1/s1. The van der Waals surface area contributed by atoms with Crippen LogP contribution in [0.5, 0.6) is 11.5 Å². The van der Waals surface area contributed by atoms with E-state index in [0.29, 0.717) is 13.0 Å². The Morgan fingerprint density at radius 3 is 2.92 bits per heavy atom. The molecule has 1 amide bonds. The van der Waals surface area contributed by atoms with Gasteiger partial charge in [0.15, 0.2) is 0 Å². The van der Waals surface area contributed by atoms with Crippen molar-refractivity contribution in [3.05, 3.63) is 36.4 Å². The molecule has 0 aliphatic carbocycles. The Hall–Kier alpha value is -2.57. The monoisotopic (exact) mass is 330 g/mol. The lowest BCUT2D eigenvalue weighted by Gasteiger charge is -2.26. The van der Waals surface area contributed by atoms with Gasteiger partial charge in [0.05, 0.1) is 26.8 Å². The summed E-state index contributed by atoms with van der Waals surface area (Å²) in [5.74, 6) is 1.64. The van der Waals surface area contributed by atoms with Crippen LogP contribution in [-0.4, -0.2) is 46.3 Å². The number of carbonyl (C=O) groups excluding carboxylic acids is 1. The summed E-state index contributed by atoms with van der Waals surface area (Å²) in [7, 11) is 3.27. The van der Waals surface area contributed by atoms with Gasteiger partial charge >= 0.3 is 0 Å². The Morgan fingerprint density at radius 2 is 2.21 bits per heavy atom. The molecule has 7 nitrogen and oxygen atoms in total. The molecule has 0 radical (unpaired) electrons. The number of methoxy groups -OCH3 is 2. The van der Waals surface area contributed by atoms with E-state index in [4.69, 9.17) is 9.47 Å². The molecule has 1 saturated heterocycles. The summed E-state index contributed by atoms with van der Waals surface area (Å²) in [5.41, 5.74) is 1.03. The highest BCUT2D eigenvalue weighted by molar-refractivity contribution is 5.77. The third-order valence-electron chi connectivity index (χ3n) is 4.39. The second kappa shape index (κ2) is 7.33. The third kappa shape index (κ3) is 3.34. The van der Waals surface area contributed by atoms with E-state index in [1.54, 1.807) is 25.2 Å². The first-order chi connectivity index (χ1) is 11.7. The van der Waals surface area contributed by atoms with E-state index in [-0.39, 0.29) is 11.9 Å². The number of hydrogen-bond donors (Lipinski definition) is 0. The van der Waals surface area contributed by atoms with Crippen LogP contribution in [0.25, 0.3) is 0 Å². The predicted molar refractivity (Wildman–Crippen MR) is 87.9 cm³/mol. The van der Waals surface area contributed by atoms with E-state index in [2.05, 4.69) is 10.1 Å². The van der Waals surface area contributed by atoms with Crippen molar-refractivity contribution in [1.82, 2.24) is 19.7 Å². The Kier molecular flexibility index (Phi) is 4.98. The summed E-state index contributed by atoms with van der Waals surface area (Å²) < 4.78 is 12.4. The number of amides is 1. The lowest BCUT2D eigenvalue weighted by Crippen LogP contribution is -2.31. The van der Waals surface area contributed by atoms with E-state index in [0.717, 1.165) is 36.4 Å². The van der Waals surface area contributed by atoms with Gasteiger partial charge in [0, 0.05) is 24.6 Å². The van der Waals surface area contributed by atoms with Gasteiger partial charge in [-0.1, -0.05) is 0 Å². The molecular weight excluding hydrogens is 308 g/mol. The lowest BCUT2D eigenvalue weighted by atomic mass is 10.0. The molecule has 1 aromatic carbocycles. The normalized spacial score (nSPS) is 17.1. The molecule has 24 heavy (non-hydrogen) atoms. The molecule has 3 rings (SSSR count). The summed E-state index contributed by atoms with van der Waals surface area (Å²) in [4.78, 5) is 18.5. The summed E-state index contributed by atoms with van der Waals surface area (Å²) in [5, 5.41) is 4.04. The number of hydrogen-bond acceptors (Lipinski definition) is 5. The van der Waals surface area contributed by atoms with Gasteiger partial charge in [0.2, 0.25) is 5.91 Å². The van der Waals surface area contributed by atoms with Crippen LogP contribution >= 0.6 is 0 Å². The fourth-order valence-corrected chi connectivity index (χ4v) is 3.18. The molecule has 7 heteroatoms. The highest BCUT2D eigenvalue weighted by atomic mass is 16.5. The largest absolute Gasteiger partial charge is 0.497 e. The van der Waals surface area contributed by atoms with E-state index in [1.807, 2.05) is 23.1 Å². The maximum Gasteiger partial charge on any atom is 0.224 e. The summed E-state index contributed by atoms with van der Waals surface area (Å²) in [6, 6.07) is 5.82. The van der Waals surface area contributed by atoms with Crippen molar-refractivity contribution in [2.75, 3.05) is 20.8 Å². The Labute approximate surface area is 141 Å². The van der Waals surface area contributed by atoms with Crippen LogP contribution < -0.4 is 9.47 Å². The maximum absolute atomic E-state index is 12.6. The summed E-state index contributed by atoms with van der Waals surface area (Å²) in [6.07, 6.45) is 5.46. The van der Waals surface area contributed by atoms with Gasteiger partial charge in [-0.3, -0.25) is 9.48 Å². The zero-order valence-corrected chi connectivity index (χ0v) is 14.0. The molecular formula is C17H22N4O3. The number of nitrogens with zero attached hydrogens (tertiary/aromatic N) is 4. The number of rotatable bonds is 6.